The topological polar surface area (TPSA) is 34.1 Å². The van der Waals surface area contributed by atoms with Gasteiger partial charge in [0.2, 0.25) is 0 Å². The number of hydrogen-bond acceptors (Lipinski definition) is 2. The molecule has 0 aliphatic carbocycles. The maximum absolute atomic E-state index is 10.5. The average Bonchev–Trinajstić information content (AvgIpc) is 2.04. The fraction of sp³-hybridized carbons (Fsp3) is 0.800. The Morgan fingerprint density at radius 3 is 2.25 bits per heavy atom. The Morgan fingerprint density at radius 2 is 1.75 bits per heavy atom. The van der Waals surface area contributed by atoms with Crippen LogP contribution in [0, 0.1) is 5.41 Å². The highest BCUT2D eigenvalue weighted by Gasteiger charge is 2.14. The second kappa shape index (κ2) is 5.92. The second-order valence-corrected chi connectivity index (χ2v) is 3.87. The molecule has 0 atom stereocenters. The van der Waals surface area contributed by atoms with E-state index in [1.165, 1.54) is 0 Å². The van der Waals surface area contributed by atoms with Gasteiger partial charge in [0.1, 0.15) is 12.6 Å². The summed E-state index contributed by atoms with van der Waals surface area (Å²) in [6.07, 6.45) is 6.59. The van der Waals surface area contributed by atoms with Crippen LogP contribution in [-0.2, 0) is 9.59 Å². The summed E-state index contributed by atoms with van der Waals surface area (Å²) in [6.45, 7) is 3.89. The van der Waals surface area contributed by atoms with Crippen molar-refractivity contribution in [3.63, 3.8) is 0 Å². The summed E-state index contributed by atoms with van der Waals surface area (Å²) >= 11 is 0. The summed E-state index contributed by atoms with van der Waals surface area (Å²) < 4.78 is 0. The molecule has 0 bridgehead atoms. The van der Waals surface area contributed by atoms with E-state index in [9.17, 15) is 9.59 Å². The van der Waals surface area contributed by atoms with Gasteiger partial charge in [-0.2, -0.15) is 0 Å². The number of aldehydes is 2. The fourth-order valence-electron chi connectivity index (χ4n) is 1.04. The smallest absolute Gasteiger partial charge is 0.125 e. The predicted octanol–water partition coefficient (Wildman–Crippen LogP) is 2.36. The maximum atomic E-state index is 10.5. The molecule has 0 amide bonds. The number of carbonyl (C=O) groups excluding carboxylic acids is 2. The van der Waals surface area contributed by atoms with Gasteiger partial charge in [-0.05, 0) is 12.8 Å². The summed E-state index contributed by atoms with van der Waals surface area (Å²) in [5, 5.41) is 0. The van der Waals surface area contributed by atoms with E-state index in [0.717, 1.165) is 38.3 Å². The first-order valence-electron chi connectivity index (χ1n) is 4.52. The third kappa shape index (κ3) is 6.08. The first-order valence-corrected chi connectivity index (χ1v) is 4.52. The number of rotatable bonds is 7. The standard InChI is InChI=1S/C10H18O2/c1-10(2,9-12)7-5-3-4-6-8-11/h8-9H,3-7H2,1-2H3. The molecule has 0 aliphatic rings. The van der Waals surface area contributed by atoms with Gasteiger partial charge in [-0.15, -0.1) is 0 Å². The van der Waals surface area contributed by atoms with Crippen LogP contribution in [-0.4, -0.2) is 12.6 Å². The van der Waals surface area contributed by atoms with Gasteiger partial charge in [-0.25, -0.2) is 0 Å². The molecule has 0 aromatic carbocycles. The molecule has 0 aromatic heterocycles. The van der Waals surface area contributed by atoms with Crippen molar-refractivity contribution in [1.29, 1.82) is 0 Å². The van der Waals surface area contributed by atoms with Crippen LogP contribution in [0.2, 0.25) is 0 Å². The van der Waals surface area contributed by atoms with E-state index in [1.54, 1.807) is 0 Å². The summed E-state index contributed by atoms with van der Waals surface area (Å²) in [5.41, 5.74) is -0.179. The van der Waals surface area contributed by atoms with E-state index >= 15 is 0 Å². The van der Waals surface area contributed by atoms with Crippen molar-refractivity contribution >= 4 is 12.6 Å². The lowest BCUT2D eigenvalue weighted by Crippen LogP contribution is -2.12. The highest BCUT2D eigenvalue weighted by molar-refractivity contribution is 5.57. The summed E-state index contributed by atoms with van der Waals surface area (Å²) in [7, 11) is 0. The van der Waals surface area contributed by atoms with Gasteiger partial charge in [0.25, 0.3) is 0 Å². The molecule has 0 radical (unpaired) electrons. The van der Waals surface area contributed by atoms with Gasteiger partial charge in [0.15, 0.2) is 0 Å². The minimum Gasteiger partial charge on any atom is -0.303 e. The monoisotopic (exact) mass is 170 g/mol. The first kappa shape index (κ1) is 11.3. The highest BCUT2D eigenvalue weighted by atomic mass is 16.1. The lowest BCUT2D eigenvalue weighted by molar-refractivity contribution is -0.115. The Morgan fingerprint density at radius 1 is 1.08 bits per heavy atom. The molecule has 0 unspecified atom stereocenters. The SMILES string of the molecule is CC(C)(C=O)CCCCCC=O. The molecule has 0 saturated carbocycles. The lowest BCUT2D eigenvalue weighted by atomic mass is 9.89. The summed E-state index contributed by atoms with van der Waals surface area (Å²) in [4.78, 5) is 20.5. The van der Waals surface area contributed by atoms with E-state index < -0.39 is 0 Å². The normalized spacial score (nSPS) is 11.2. The van der Waals surface area contributed by atoms with E-state index in [0.29, 0.717) is 6.42 Å². The fourth-order valence-corrected chi connectivity index (χ4v) is 1.04. The third-order valence-electron chi connectivity index (χ3n) is 1.96. The lowest BCUT2D eigenvalue weighted by Gasteiger charge is -2.15. The van der Waals surface area contributed by atoms with Gasteiger partial charge in [0, 0.05) is 11.8 Å². The molecule has 0 heterocycles. The van der Waals surface area contributed by atoms with Crippen LogP contribution in [0.15, 0.2) is 0 Å². The van der Waals surface area contributed by atoms with Crippen molar-refractivity contribution in [2.75, 3.05) is 0 Å². The minimum atomic E-state index is -0.179. The van der Waals surface area contributed by atoms with Crippen LogP contribution in [0.4, 0.5) is 0 Å². The molecule has 2 nitrogen and oxygen atoms in total. The Labute approximate surface area is 74.3 Å². The molecular weight excluding hydrogens is 152 g/mol. The zero-order valence-corrected chi connectivity index (χ0v) is 8.01. The van der Waals surface area contributed by atoms with Crippen LogP contribution in [0.25, 0.3) is 0 Å². The largest absolute Gasteiger partial charge is 0.303 e. The molecule has 2 heteroatoms. The van der Waals surface area contributed by atoms with Crippen LogP contribution < -0.4 is 0 Å². The molecule has 0 aromatic rings. The van der Waals surface area contributed by atoms with Crippen molar-refractivity contribution in [2.45, 2.75) is 46.0 Å². The van der Waals surface area contributed by atoms with Gasteiger partial charge in [-0.1, -0.05) is 26.7 Å². The Kier molecular flexibility index (Phi) is 5.60. The van der Waals surface area contributed by atoms with Gasteiger partial charge in [-0.3, -0.25) is 0 Å². The molecule has 0 aliphatic heterocycles. The van der Waals surface area contributed by atoms with Gasteiger partial charge in [0.05, 0.1) is 0 Å². The molecule has 0 spiro atoms. The molecular formula is C10H18O2. The number of carbonyl (C=O) groups is 2. The van der Waals surface area contributed by atoms with E-state index in [1.807, 2.05) is 13.8 Å². The van der Waals surface area contributed by atoms with Crippen molar-refractivity contribution in [1.82, 2.24) is 0 Å². The summed E-state index contributed by atoms with van der Waals surface area (Å²) in [5.74, 6) is 0. The number of hydrogen-bond donors (Lipinski definition) is 0. The highest BCUT2D eigenvalue weighted by Crippen LogP contribution is 2.20. The Hall–Kier alpha value is -0.660. The quantitative estimate of drug-likeness (QED) is 0.434. The van der Waals surface area contributed by atoms with Crippen LogP contribution in [0.5, 0.6) is 0 Å². The molecule has 12 heavy (non-hydrogen) atoms. The van der Waals surface area contributed by atoms with Gasteiger partial charge < -0.3 is 9.59 Å². The Balaban J connectivity index is 3.30. The van der Waals surface area contributed by atoms with Crippen LogP contribution >= 0.6 is 0 Å². The maximum Gasteiger partial charge on any atom is 0.125 e. The minimum absolute atomic E-state index is 0.179. The van der Waals surface area contributed by atoms with E-state index in [4.69, 9.17) is 0 Å². The molecule has 0 rings (SSSR count). The average molecular weight is 170 g/mol. The predicted molar refractivity (Wildman–Crippen MR) is 49.0 cm³/mol. The third-order valence-corrected chi connectivity index (χ3v) is 1.96. The second-order valence-electron chi connectivity index (χ2n) is 3.87. The van der Waals surface area contributed by atoms with E-state index in [-0.39, 0.29) is 5.41 Å². The molecule has 70 valence electrons. The van der Waals surface area contributed by atoms with Crippen LogP contribution in [0.1, 0.15) is 46.0 Å². The van der Waals surface area contributed by atoms with Crippen molar-refractivity contribution in [3.05, 3.63) is 0 Å². The van der Waals surface area contributed by atoms with Crippen molar-refractivity contribution in [2.24, 2.45) is 5.41 Å². The summed E-state index contributed by atoms with van der Waals surface area (Å²) in [6, 6.07) is 0. The molecule has 0 saturated heterocycles. The first-order chi connectivity index (χ1) is 5.62. The van der Waals surface area contributed by atoms with Gasteiger partial charge >= 0.3 is 0 Å². The Bertz CT molecular complexity index is 139. The zero-order valence-electron chi connectivity index (χ0n) is 8.01. The van der Waals surface area contributed by atoms with E-state index in [2.05, 4.69) is 0 Å². The van der Waals surface area contributed by atoms with Crippen molar-refractivity contribution in [3.8, 4) is 0 Å². The molecule has 0 fully saturated rings. The zero-order chi connectivity index (χ0) is 9.45. The molecule has 0 N–H and O–H groups in total. The van der Waals surface area contributed by atoms with Crippen molar-refractivity contribution < 1.29 is 9.59 Å². The number of unbranched alkanes of at least 4 members (excludes halogenated alkanes) is 3. The van der Waals surface area contributed by atoms with Crippen LogP contribution in [0.3, 0.4) is 0 Å².